The number of phenolic OH excluding ortho intramolecular Hbond substituents is 1. The molecule has 2 aromatic rings. The molecular formula is C14H16N2O. The third kappa shape index (κ3) is 2.45. The summed E-state index contributed by atoms with van der Waals surface area (Å²) in [7, 11) is 0. The fraction of sp³-hybridized carbons (Fsp3) is 0.214. The Bertz CT molecular complexity index is 509. The van der Waals surface area contributed by atoms with Crippen LogP contribution in [0.4, 0.5) is 0 Å². The minimum Gasteiger partial charge on any atom is -0.508 e. The number of rotatable bonds is 3. The monoisotopic (exact) mass is 228 g/mol. The van der Waals surface area contributed by atoms with E-state index in [0.29, 0.717) is 13.0 Å². The van der Waals surface area contributed by atoms with Crippen LogP contribution in [0, 0.1) is 6.92 Å². The average Bonchev–Trinajstić information content (AvgIpc) is 2.35. The van der Waals surface area contributed by atoms with E-state index in [2.05, 4.69) is 4.98 Å². The molecule has 1 aromatic carbocycles. The van der Waals surface area contributed by atoms with Crippen molar-refractivity contribution >= 4 is 0 Å². The molecular weight excluding hydrogens is 212 g/mol. The number of benzene rings is 1. The third-order valence-electron chi connectivity index (χ3n) is 2.93. The van der Waals surface area contributed by atoms with Gasteiger partial charge in [0.05, 0.1) is 0 Å². The van der Waals surface area contributed by atoms with Gasteiger partial charge >= 0.3 is 0 Å². The summed E-state index contributed by atoms with van der Waals surface area (Å²) < 4.78 is 0. The summed E-state index contributed by atoms with van der Waals surface area (Å²) in [6.07, 6.45) is 2.48. The number of nitrogens with two attached hydrogens (primary N) is 1. The Hall–Kier alpha value is -1.87. The van der Waals surface area contributed by atoms with Gasteiger partial charge in [0.1, 0.15) is 5.75 Å². The minimum absolute atomic E-state index is 0.268. The van der Waals surface area contributed by atoms with Gasteiger partial charge in [-0.1, -0.05) is 12.1 Å². The van der Waals surface area contributed by atoms with Crippen LogP contribution in [0.5, 0.6) is 5.75 Å². The topological polar surface area (TPSA) is 59.1 Å². The molecule has 3 N–H and O–H groups in total. The normalized spacial score (nSPS) is 10.5. The Labute approximate surface area is 101 Å². The number of pyridine rings is 1. The highest BCUT2D eigenvalue weighted by atomic mass is 16.3. The zero-order valence-corrected chi connectivity index (χ0v) is 9.85. The van der Waals surface area contributed by atoms with Crippen molar-refractivity contribution in [3.05, 3.63) is 58.9 Å². The number of aromatic nitrogens is 1. The molecule has 0 unspecified atom stereocenters. The summed E-state index contributed by atoms with van der Waals surface area (Å²) in [4.78, 5) is 4.30. The molecule has 3 nitrogen and oxygen atoms in total. The van der Waals surface area contributed by atoms with E-state index in [4.69, 9.17) is 5.73 Å². The molecule has 2 rings (SSSR count). The maximum absolute atomic E-state index is 9.79. The summed E-state index contributed by atoms with van der Waals surface area (Å²) in [5.74, 6) is 0.268. The van der Waals surface area contributed by atoms with Crippen LogP contribution in [0.25, 0.3) is 0 Å². The van der Waals surface area contributed by atoms with E-state index in [9.17, 15) is 5.11 Å². The van der Waals surface area contributed by atoms with Gasteiger partial charge in [0.25, 0.3) is 0 Å². The van der Waals surface area contributed by atoms with Crippen LogP contribution in [-0.2, 0) is 13.0 Å². The molecule has 0 radical (unpaired) electrons. The molecule has 0 atom stereocenters. The van der Waals surface area contributed by atoms with E-state index in [1.807, 2.05) is 31.2 Å². The molecule has 88 valence electrons. The van der Waals surface area contributed by atoms with Crippen molar-refractivity contribution in [2.24, 2.45) is 5.73 Å². The van der Waals surface area contributed by atoms with Crippen LogP contribution >= 0.6 is 0 Å². The van der Waals surface area contributed by atoms with Crippen LogP contribution < -0.4 is 5.73 Å². The van der Waals surface area contributed by atoms with Crippen molar-refractivity contribution in [2.75, 3.05) is 0 Å². The van der Waals surface area contributed by atoms with Crippen LogP contribution in [0.1, 0.15) is 22.4 Å². The lowest BCUT2D eigenvalue weighted by molar-refractivity contribution is 0.467. The maximum atomic E-state index is 9.79. The lowest BCUT2D eigenvalue weighted by atomic mass is 9.96. The highest BCUT2D eigenvalue weighted by Crippen LogP contribution is 2.25. The summed E-state index contributed by atoms with van der Waals surface area (Å²) in [5.41, 5.74) is 9.70. The van der Waals surface area contributed by atoms with Gasteiger partial charge in [-0.05, 0) is 36.2 Å². The molecule has 17 heavy (non-hydrogen) atoms. The van der Waals surface area contributed by atoms with Gasteiger partial charge in [0.15, 0.2) is 0 Å². The molecule has 1 heterocycles. The maximum Gasteiger partial charge on any atom is 0.120 e. The Morgan fingerprint density at radius 1 is 1.18 bits per heavy atom. The van der Waals surface area contributed by atoms with Crippen molar-refractivity contribution in [3.8, 4) is 5.75 Å². The number of aromatic hydroxyl groups is 1. The fourth-order valence-corrected chi connectivity index (χ4v) is 1.96. The first-order chi connectivity index (χ1) is 8.22. The minimum atomic E-state index is 0.268. The van der Waals surface area contributed by atoms with Gasteiger partial charge in [0, 0.05) is 30.4 Å². The summed E-state index contributed by atoms with van der Waals surface area (Å²) in [6, 6.07) is 9.43. The predicted octanol–water partition coefficient (Wildman–Crippen LogP) is 2.15. The van der Waals surface area contributed by atoms with E-state index >= 15 is 0 Å². The van der Waals surface area contributed by atoms with E-state index in [1.54, 1.807) is 12.3 Å². The molecule has 0 bridgehead atoms. The second-order valence-corrected chi connectivity index (χ2v) is 4.06. The van der Waals surface area contributed by atoms with E-state index in [0.717, 1.165) is 22.4 Å². The van der Waals surface area contributed by atoms with E-state index in [1.165, 1.54) is 0 Å². The van der Waals surface area contributed by atoms with Crippen molar-refractivity contribution < 1.29 is 5.11 Å². The second kappa shape index (κ2) is 4.97. The first kappa shape index (κ1) is 11.6. The Morgan fingerprint density at radius 3 is 2.65 bits per heavy atom. The molecule has 0 aliphatic heterocycles. The van der Waals surface area contributed by atoms with E-state index < -0.39 is 0 Å². The quantitative estimate of drug-likeness (QED) is 0.846. The fourth-order valence-electron chi connectivity index (χ4n) is 1.96. The van der Waals surface area contributed by atoms with Gasteiger partial charge in [0.2, 0.25) is 0 Å². The molecule has 0 aliphatic rings. The number of hydrogen-bond acceptors (Lipinski definition) is 3. The zero-order chi connectivity index (χ0) is 12.3. The third-order valence-corrected chi connectivity index (χ3v) is 2.93. The van der Waals surface area contributed by atoms with Crippen molar-refractivity contribution in [1.82, 2.24) is 4.98 Å². The van der Waals surface area contributed by atoms with Gasteiger partial charge in [-0.3, -0.25) is 4.98 Å². The van der Waals surface area contributed by atoms with Gasteiger partial charge in [-0.2, -0.15) is 0 Å². The van der Waals surface area contributed by atoms with Crippen molar-refractivity contribution in [1.29, 1.82) is 0 Å². The molecule has 0 saturated carbocycles. The first-order valence-electron chi connectivity index (χ1n) is 5.62. The summed E-state index contributed by atoms with van der Waals surface area (Å²) >= 11 is 0. The van der Waals surface area contributed by atoms with Crippen LogP contribution in [-0.4, -0.2) is 10.1 Å². The number of nitrogens with zero attached hydrogens (tertiary/aromatic N) is 1. The summed E-state index contributed by atoms with van der Waals surface area (Å²) in [6.45, 7) is 2.37. The predicted molar refractivity (Wildman–Crippen MR) is 67.8 cm³/mol. The Morgan fingerprint density at radius 2 is 2.00 bits per heavy atom. The standard InChI is InChI=1S/C14H16N2O/c1-10-5-6-14(17)13(9-15)12(10)8-11-4-2-3-7-16-11/h2-7,17H,8-9,15H2,1H3. The van der Waals surface area contributed by atoms with Crippen molar-refractivity contribution in [2.45, 2.75) is 19.9 Å². The lowest BCUT2D eigenvalue weighted by Crippen LogP contribution is -2.05. The molecule has 3 heteroatoms. The molecule has 0 amide bonds. The molecule has 0 saturated heterocycles. The van der Waals surface area contributed by atoms with Crippen molar-refractivity contribution in [3.63, 3.8) is 0 Å². The van der Waals surface area contributed by atoms with Gasteiger partial charge in [-0.25, -0.2) is 0 Å². The Kier molecular flexibility index (Phi) is 3.40. The second-order valence-electron chi connectivity index (χ2n) is 4.06. The van der Waals surface area contributed by atoms with Gasteiger partial charge < -0.3 is 10.8 Å². The van der Waals surface area contributed by atoms with E-state index in [-0.39, 0.29) is 5.75 Å². The molecule has 0 fully saturated rings. The highest BCUT2D eigenvalue weighted by molar-refractivity contribution is 5.45. The highest BCUT2D eigenvalue weighted by Gasteiger charge is 2.10. The number of phenols is 1. The first-order valence-corrected chi connectivity index (χ1v) is 5.62. The summed E-state index contributed by atoms with van der Waals surface area (Å²) in [5, 5.41) is 9.79. The molecule has 0 aliphatic carbocycles. The average molecular weight is 228 g/mol. The smallest absolute Gasteiger partial charge is 0.120 e. The largest absolute Gasteiger partial charge is 0.508 e. The van der Waals surface area contributed by atoms with Crippen LogP contribution in [0.2, 0.25) is 0 Å². The lowest BCUT2D eigenvalue weighted by Gasteiger charge is -2.12. The van der Waals surface area contributed by atoms with Crippen LogP contribution in [0.15, 0.2) is 36.5 Å². The van der Waals surface area contributed by atoms with Gasteiger partial charge in [-0.15, -0.1) is 0 Å². The number of aryl methyl sites for hydroxylation is 1. The number of hydrogen-bond donors (Lipinski definition) is 2. The molecule has 1 aromatic heterocycles. The molecule has 0 spiro atoms. The Balaban J connectivity index is 2.41. The zero-order valence-electron chi connectivity index (χ0n) is 9.85. The van der Waals surface area contributed by atoms with Crippen LogP contribution in [0.3, 0.4) is 0 Å². The SMILES string of the molecule is Cc1ccc(O)c(CN)c1Cc1ccccn1.